The number of ether oxygens (including phenoxy) is 2. The molecule has 0 amide bonds. The molecule has 0 unspecified atom stereocenters. The largest absolute Gasteiger partial charge is 0.496 e. The molecule has 1 N–H and O–H groups in total. The molecule has 0 atom stereocenters. The van der Waals surface area contributed by atoms with Crippen molar-refractivity contribution in [3.05, 3.63) is 38.6 Å². The topological polar surface area (TPSA) is 64.2 Å². The van der Waals surface area contributed by atoms with Gasteiger partial charge in [0.2, 0.25) is 0 Å². The van der Waals surface area contributed by atoms with Crippen molar-refractivity contribution < 1.29 is 14.3 Å². The van der Waals surface area contributed by atoms with Crippen LogP contribution in [-0.2, 0) is 4.74 Å². The zero-order valence-electron chi connectivity index (χ0n) is 11.7. The van der Waals surface area contributed by atoms with Gasteiger partial charge in [-0.2, -0.15) is 0 Å². The second-order valence-corrected chi connectivity index (χ2v) is 5.53. The van der Waals surface area contributed by atoms with Gasteiger partial charge in [0.15, 0.2) is 0 Å². The second-order valence-electron chi connectivity index (χ2n) is 4.23. The highest BCUT2D eigenvalue weighted by Crippen LogP contribution is 2.30. The van der Waals surface area contributed by atoms with E-state index in [2.05, 4.69) is 25.9 Å². The zero-order chi connectivity index (χ0) is 15.6. The van der Waals surface area contributed by atoms with Gasteiger partial charge >= 0.3 is 5.97 Å². The first-order chi connectivity index (χ1) is 9.97. The van der Waals surface area contributed by atoms with Crippen LogP contribution in [0.1, 0.15) is 16.1 Å². The summed E-state index contributed by atoms with van der Waals surface area (Å²) in [6, 6.07) is 5.56. The molecule has 0 saturated heterocycles. The van der Waals surface area contributed by atoms with Gasteiger partial charge in [0.05, 0.1) is 19.8 Å². The Labute approximate surface area is 135 Å². The van der Waals surface area contributed by atoms with E-state index < -0.39 is 5.97 Å². The van der Waals surface area contributed by atoms with Crippen LogP contribution in [0.25, 0.3) is 11.4 Å². The lowest BCUT2D eigenvalue weighted by Gasteiger charge is -2.11. The van der Waals surface area contributed by atoms with Crippen molar-refractivity contribution in [3.8, 4) is 17.1 Å². The molecule has 21 heavy (non-hydrogen) atoms. The quantitative estimate of drug-likeness (QED) is 0.661. The third-order valence-electron chi connectivity index (χ3n) is 2.92. The van der Waals surface area contributed by atoms with Crippen LogP contribution in [0.4, 0.5) is 0 Å². The molecule has 5 nitrogen and oxygen atoms in total. The lowest BCUT2D eigenvalue weighted by atomic mass is 10.1. The van der Waals surface area contributed by atoms with Crippen molar-refractivity contribution in [1.29, 1.82) is 0 Å². The Morgan fingerprint density at radius 2 is 2.10 bits per heavy atom. The predicted octanol–water partition coefficient (Wildman–Crippen LogP) is 3.67. The fourth-order valence-corrected chi connectivity index (χ4v) is 2.58. The molecule has 1 heterocycles. The van der Waals surface area contributed by atoms with E-state index >= 15 is 0 Å². The molecule has 7 heteroatoms. The van der Waals surface area contributed by atoms with Gasteiger partial charge in [-0.05, 0) is 25.1 Å². The van der Waals surface area contributed by atoms with Gasteiger partial charge in [0.25, 0.3) is 0 Å². The Morgan fingerprint density at radius 1 is 1.38 bits per heavy atom. The van der Waals surface area contributed by atoms with Crippen molar-refractivity contribution in [2.45, 2.75) is 6.92 Å². The number of rotatable bonds is 3. The first kappa shape index (κ1) is 15.7. The van der Waals surface area contributed by atoms with Gasteiger partial charge in [0, 0.05) is 10.2 Å². The van der Waals surface area contributed by atoms with Crippen LogP contribution in [0.15, 0.2) is 22.7 Å². The summed E-state index contributed by atoms with van der Waals surface area (Å²) in [6.45, 7) is 1.75. The molecule has 2 aromatic rings. The van der Waals surface area contributed by atoms with Crippen LogP contribution in [0.2, 0.25) is 0 Å². The summed E-state index contributed by atoms with van der Waals surface area (Å²) in [4.78, 5) is 19.0. The Bertz CT molecular complexity index is 758. The standard InChI is InChI=1S/C14H13BrN2O3S/c1-7-11(14(18)20-3)13(21)17-12(16-7)9-5-4-8(15)6-10(9)19-2/h4-6H,1-3H3,(H,16,17,21). The number of halogens is 1. The average molecular weight is 369 g/mol. The Morgan fingerprint density at radius 3 is 2.67 bits per heavy atom. The number of esters is 1. The van der Waals surface area contributed by atoms with E-state index in [-0.39, 0.29) is 10.2 Å². The Balaban J connectivity index is 2.62. The lowest BCUT2D eigenvalue weighted by molar-refractivity contribution is 0.0598. The van der Waals surface area contributed by atoms with E-state index in [0.717, 1.165) is 10.0 Å². The van der Waals surface area contributed by atoms with Crippen LogP contribution < -0.4 is 4.74 Å². The van der Waals surface area contributed by atoms with E-state index in [0.29, 0.717) is 17.3 Å². The minimum Gasteiger partial charge on any atom is -0.496 e. The van der Waals surface area contributed by atoms with E-state index in [4.69, 9.17) is 21.7 Å². The Kier molecular flexibility index (Phi) is 4.74. The molecular weight excluding hydrogens is 356 g/mol. The summed E-state index contributed by atoms with van der Waals surface area (Å²) >= 11 is 8.58. The molecule has 0 aliphatic heterocycles. The lowest BCUT2D eigenvalue weighted by Crippen LogP contribution is -2.09. The van der Waals surface area contributed by atoms with Gasteiger partial charge in [-0.1, -0.05) is 28.1 Å². The van der Waals surface area contributed by atoms with Crippen LogP contribution in [0.5, 0.6) is 5.75 Å². The third kappa shape index (κ3) is 3.14. The summed E-state index contributed by atoms with van der Waals surface area (Å²) in [7, 11) is 2.89. The number of hydrogen-bond donors (Lipinski definition) is 1. The minimum absolute atomic E-state index is 0.193. The monoisotopic (exact) mass is 368 g/mol. The predicted molar refractivity (Wildman–Crippen MR) is 85.2 cm³/mol. The maximum Gasteiger partial charge on any atom is 0.342 e. The third-order valence-corrected chi connectivity index (χ3v) is 3.70. The van der Waals surface area contributed by atoms with E-state index in [1.54, 1.807) is 14.0 Å². The van der Waals surface area contributed by atoms with Crippen molar-refractivity contribution in [2.75, 3.05) is 14.2 Å². The number of aryl methyl sites for hydroxylation is 1. The molecule has 0 aliphatic carbocycles. The van der Waals surface area contributed by atoms with Gasteiger partial charge < -0.3 is 14.5 Å². The molecule has 1 aromatic carbocycles. The summed E-state index contributed by atoms with van der Waals surface area (Å²) in [6.07, 6.45) is 0. The number of nitrogens with one attached hydrogen (secondary N) is 1. The smallest absolute Gasteiger partial charge is 0.342 e. The molecular formula is C14H13BrN2O3S. The molecule has 0 fully saturated rings. The fraction of sp³-hybridized carbons (Fsp3) is 0.214. The average Bonchev–Trinajstić information content (AvgIpc) is 2.45. The van der Waals surface area contributed by atoms with Gasteiger partial charge in [0.1, 0.15) is 21.8 Å². The van der Waals surface area contributed by atoms with E-state index in [1.807, 2.05) is 18.2 Å². The highest BCUT2D eigenvalue weighted by atomic mass is 79.9. The number of nitrogens with zero attached hydrogens (tertiary/aromatic N) is 1. The Hall–Kier alpha value is -1.73. The summed E-state index contributed by atoms with van der Waals surface area (Å²) < 4.78 is 11.1. The minimum atomic E-state index is -0.504. The second kappa shape index (κ2) is 6.36. The molecule has 0 saturated carbocycles. The fourth-order valence-electron chi connectivity index (χ4n) is 1.92. The highest BCUT2D eigenvalue weighted by molar-refractivity contribution is 9.10. The number of methoxy groups -OCH3 is 2. The molecule has 1 aromatic heterocycles. The van der Waals surface area contributed by atoms with Crippen LogP contribution in [0, 0.1) is 11.6 Å². The first-order valence-corrected chi connectivity index (χ1v) is 7.21. The van der Waals surface area contributed by atoms with E-state index in [1.165, 1.54) is 7.11 Å². The molecule has 2 rings (SSSR count). The number of aromatic amines is 1. The van der Waals surface area contributed by atoms with Crippen LogP contribution in [-0.4, -0.2) is 30.2 Å². The van der Waals surface area contributed by atoms with Crippen LogP contribution >= 0.6 is 28.1 Å². The SMILES string of the molecule is COC(=O)c1c(C)[nH]c(-c2ccc(Br)cc2OC)nc1=S. The summed E-state index contributed by atoms with van der Waals surface area (Å²) in [5, 5.41) is 0. The van der Waals surface area contributed by atoms with Crippen molar-refractivity contribution in [3.63, 3.8) is 0 Å². The number of hydrogen-bond acceptors (Lipinski definition) is 5. The molecule has 0 spiro atoms. The molecule has 0 bridgehead atoms. The van der Waals surface area contributed by atoms with Gasteiger partial charge in [-0.3, -0.25) is 0 Å². The number of carbonyl (C=O) groups excluding carboxylic acids is 1. The van der Waals surface area contributed by atoms with Gasteiger partial charge in [-0.25, -0.2) is 9.78 Å². The maximum absolute atomic E-state index is 11.7. The molecule has 110 valence electrons. The molecule has 0 radical (unpaired) electrons. The first-order valence-electron chi connectivity index (χ1n) is 6.01. The summed E-state index contributed by atoms with van der Waals surface area (Å²) in [5.74, 6) is 0.679. The van der Waals surface area contributed by atoms with Crippen molar-refractivity contribution >= 4 is 34.1 Å². The number of benzene rings is 1. The normalized spacial score (nSPS) is 10.3. The maximum atomic E-state index is 11.7. The number of aromatic nitrogens is 2. The summed E-state index contributed by atoms with van der Waals surface area (Å²) in [5.41, 5.74) is 1.63. The van der Waals surface area contributed by atoms with Gasteiger partial charge in [-0.15, -0.1) is 0 Å². The van der Waals surface area contributed by atoms with Crippen LogP contribution in [0.3, 0.4) is 0 Å². The highest BCUT2D eigenvalue weighted by Gasteiger charge is 2.16. The molecule has 0 aliphatic rings. The number of H-pyrrole nitrogens is 1. The van der Waals surface area contributed by atoms with Crippen molar-refractivity contribution in [2.24, 2.45) is 0 Å². The van der Waals surface area contributed by atoms with Crippen molar-refractivity contribution in [1.82, 2.24) is 9.97 Å². The zero-order valence-corrected chi connectivity index (χ0v) is 14.1. The number of carbonyl (C=O) groups is 1. The van der Waals surface area contributed by atoms with E-state index in [9.17, 15) is 4.79 Å².